The van der Waals surface area contributed by atoms with Crippen LogP contribution in [0.1, 0.15) is 24.8 Å². The molecule has 3 rings (SSSR count). The lowest BCUT2D eigenvalue weighted by Crippen LogP contribution is -2.17. The van der Waals surface area contributed by atoms with Crippen molar-refractivity contribution in [2.45, 2.75) is 19.3 Å². The van der Waals surface area contributed by atoms with Gasteiger partial charge in [-0.15, -0.1) is 0 Å². The van der Waals surface area contributed by atoms with Crippen molar-refractivity contribution >= 4 is 0 Å². The maximum atomic E-state index is 5.78. The molecule has 0 spiro atoms. The van der Waals surface area contributed by atoms with E-state index in [4.69, 9.17) is 14.2 Å². The van der Waals surface area contributed by atoms with Crippen molar-refractivity contribution in [3.8, 4) is 11.5 Å². The van der Waals surface area contributed by atoms with Crippen LogP contribution < -0.4 is 9.47 Å². The zero-order chi connectivity index (χ0) is 11.2. The van der Waals surface area contributed by atoms with E-state index in [1.165, 1.54) is 12.0 Å². The minimum atomic E-state index is 0.292. The van der Waals surface area contributed by atoms with Crippen LogP contribution >= 0.6 is 0 Å². The van der Waals surface area contributed by atoms with Crippen LogP contribution in [-0.4, -0.2) is 20.5 Å². The van der Waals surface area contributed by atoms with Gasteiger partial charge in [0.05, 0.1) is 6.61 Å². The molecule has 16 heavy (non-hydrogen) atoms. The molecule has 86 valence electrons. The number of fused-ring (bicyclic) bond motifs is 3. The third kappa shape index (κ3) is 1.39. The lowest BCUT2D eigenvalue weighted by Gasteiger charge is -2.23. The van der Waals surface area contributed by atoms with Gasteiger partial charge in [0, 0.05) is 24.0 Å². The summed E-state index contributed by atoms with van der Waals surface area (Å²) in [6, 6.07) is 5.98. The fraction of sp³-hybridized carbons (Fsp3) is 0.538. The first-order chi connectivity index (χ1) is 7.74. The molecule has 0 N–H and O–H groups in total. The van der Waals surface area contributed by atoms with Gasteiger partial charge < -0.3 is 14.2 Å². The molecule has 2 aliphatic rings. The van der Waals surface area contributed by atoms with E-state index in [1.54, 1.807) is 7.11 Å². The van der Waals surface area contributed by atoms with Gasteiger partial charge in [-0.3, -0.25) is 0 Å². The molecule has 0 saturated heterocycles. The monoisotopic (exact) mass is 220 g/mol. The molecule has 0 amide bonds. The predicted molar refractivity (Wildman–Crippen MR) is 59.9 cm³/mol. The average Bonchev–Trinajstić information content (AvgIpc) is 2.98. The molecule has 0 aromatic heterocycles. The second-order valence-electron chi connectivity index (χ2n) is 4.92. The van der Waals surface area contributed by atoms with Crippen molar-refractivity contribution in [3.05, 3.63) is 23.8 Å². The van der Waals surface area contributed by atoms with E-state index in [2.05, 4.69) is 6.92 Å². The first-order valence-electron chi connectivity index (χ1n) is 5.62. The molecular weight excluding hydrogens is 204 g/mol. The van der Waals surface area contributed by atoms with Crippen LogP contribution in [0.5, 0.6) is 11.5 Å². The number of hydrogen-bond donors (Lipinski definition) is 0. The maximum Gasteiger partial charge on any atom is 0.188 e. The SMILES string of the molecule is COCOc1cccc2c1C1CC1(C)CO2. The Kier molecular flexibility index (Phi) is 2.11. The van der Waals surface area contributed by atoms with Crippen molar-refractivity contribution in [2.24, 2.45) is 5.41 Å². The molecule has 1 aliphatic carbocycles. The highest BCUT2D eigenvalue weighted by Gasteiger charge is 2.56. The molecule has 1 saturated carbocycles. The fourth-order valence-corrected chi connectivity index (χ4v) is 2.50. The zero-order valence-corrected chi connectivity index (χ0v) is 9.66. The molecule has 0 radical (unpaired) electrons. The predicted octanol–water partition coefficient (Wildman–Crippen LogP) is 2.56. The summed E-state index contributed by atoms with van der Waals surface area (Å²) in [5.74, 6) is 2.49. The first-order valence-corrected chi connectivity index (χ1v) is 5.62. The van der Waals surface area contributed by atoms with Crippen molar-refractivity contribution in [1.29, 1.82) is 0 Å². The topological polar surface area (TPSA) is 27.7 Å². The van der Waals surface area contributed by atoms with E-state index >= 15 is 0 Å². The molecule has 2 unspecified atom stereocenters. The van der Waals surface area contributed by atoms with Gasteiger partial charge in [-0.2, -0.15) is 0 Å². The molecule has 1 aromatic rings. The van der Waals surface area contributed by atoms with Crippen LogP contribution in [0.3, 0.4) is 0 Å². The van der Waals surface area contributed by atoms with E-state index in [-0.39, 0.29) is 0 Å². The quantitative estimate of drug-likeness (QED) is 0.733. The van der Waals surface area contributed by atoms with Crippen LogP contribution in [0, 0.1) is 5.41 Å². The Bertz CT molecular complexity index is 416. The van der Waals surface area contributed by atoms with Crippen molar-refractivity contribution < 1.29 is 14.2 Å². The molecular formula is C13H16O3. The Morgan fingerprint density at radius 3 is 3.19 bits per heavy atom. The van der Waals surface area contributed by atoms with Crippen LogP contribution in [0.4, 0.5) is 0 Å². The van der Waals surface area contributed by atoms with Crippen molar-refractivity contribution in [2.75, 3.05) is 20.5 Å². The maximum absolute atomic E-state index is 5.78. The van der Waals surface area contributed by atoms with E-state index in [1.807, 2.05) is 18.2 Å². The average molecular weight is 220 g/mol. The largest absolute Gasteiger partial charge is 0.493 e. The Morgan fingerprint density at radius 2 is 2.38 bits per heavy atom. The van der Waals surface area contributed by atoms with Crippen LogP contribution in [0.15, 0.2) is 18.2 Å². The lowest BCUT2D eigenvalue weighted by atomic mass is 9.98. The molecule has 1 fully saturated rings. The molecule has 2 atom stereocenters. The summed E-state index contributed by atoms with van der Waals surface area (Å²) in [6.07, 6.45) is 1.20. The molecule has 3 nitrogen and oxygen atoms in total. The van der Waals surface area contributed by atoms with E-state index in [0.717, 1.165) is 18.1 Å². The second-order valence-corrected chi connectivity index (χ2v) is 4.92. The van der Waals surface area contributed by atoms with Crippen molar-refractivity contribution in [3.63, 3.8) is 0 Å². The van der Waals surface area contributed by atoms with Gasteiger partial charge >= 0.3 is 0 Å². The van der Waals surface area contributed by atoms with Crippen LogP contribution in [-0.2, 0) is 4.74 Å². The minimum absolute atomic E-state index is 0.292. The van der Waals surface area contributed by atoms with Crippen LogP contribution in [0.25, 0.3) is 0 Å². The Labute approximate surface area is 95.3 Å². The van der Waals surface area contributed by atoms with Gasteiger partial charge in [-0.1, -0.05) is 13.0 Å². The summed E-state index contributed by atoms with van der Waals surface area (Å²) in [7, 11) is 1.63. The van der Waals surface area contributed by atoms with Crippen LogP contribution in [0.2, 0.25) is 0 Å². The number of ether oxygens (including phenoxy) is 3. The van der Waals surface area contributed by atoms with Gasteiger partial charge in [0.25, 0.3) is 0 Å². The molecule has 1 aromatic carbocycles. The summed E-state index contributed by atoms with van der Waals surface area (Å²) in [5, 5.41) is 0. The Morgan fingerprint density at radius 1 is 1.50 bits per heavy atom. The van der Waals surface area contributed by atoms with E-state index in [0.29, 0.717) is 18.1 Å². The number of benzene rings is 1. The molecule has 0 bridgehead atoms. The van der Waals surface area contributed by atoms with Crippen molar-refractivity contribution in [1.82, 2.24) is 0 Å². The normalized spacial score (nSPS) is 30.0. The first kappa shape index (κ1) is 9.97. The highest BCUT2D eigenvalue weighted by molar-refractivity contribution is 5.52. The van der Waals surface area contributed by atoms with Gasteiger partial charge in [-0.25, -0.2) is 0 Å². The fourth-order valence-electron chi connectivity index (χ4n) is 2.50. The summed E-state index contributed by atoms with van der Waals surface area (Å²) in [6.45, 7) is 3.39. The van der Waals surface area contributed by atoms with E-state index in [9.17, 15) is 0 Å². The zero-order valence-electron chi connectivity index (χ0n) is 9.66. The number of hydrogen-bond acceptors (Lipinski definition) is 3. The van der Waals surface area contributed by atoms with Gasteiger partial charge in [0.1, 0.15) is 11.5 Å². The van der Waals surface area contributed by atoms with Gasteiger partial charge in [0.2, 0.25) is 0 Å². The standard InChI is InChI=1S/C13H16O3/c1-13-6-9(13)12-10(15-7-13)4-3-5-11(12)16-8-14-2/h3-5,9H,6-8H2,1-2H3. The third-order valence-electron chi connectivity index (χ3n) is 3.62. The van der Waals surface area contributed by atoms with Gasteiger partial charge in [-0.05, 0) is 18.6 Å². The molecule has 1 aliphatic heterocycles. The summed E-state index contributed by atoms with van der Waals surface area (Å²) < 4.78 is 16.3. The van der Waals surface area contributed by atoms with Gasteiger partial charge in [0.15, 0.2) is 6.79 Å². The molecule has 1 heterocycles. The third-order valence-corrected chi connectivity index (χ3v) is 3.62. The highest BCUT2D eigenvalue weighted by atomic mass is 16.7. The Balaban J connectivity index is 1.95. The minimum Gasteiger partial charge on any atom is -0.493 e. The number of rotatable bonds is 3. The summed E-state index contributed by atoms with van der Waals surface area (Å²) in [5.41, 5.74) is 1.56. The highest BCUT2D eigenvalue weighted by Crippen LogP contribution is 2.65. The lowest BCUT2D eigenvalue weighted by molar-refractivity contribution is 0.0496. The Hall–Kier alpha value is -1.22. The summed E-state index contributed by atoms with van der Waals surface area (Å²) in [4.78, 5) is 0. The smallest absolute Gasteiger partial charge is 0.188 e. The van der Waals surface area contributed by atoms with E-state index < -0.39 is 0 Å². The molecule has 3 heteroatoms. The number of methoxy groups -OCH3 is 1. The summed E-state index contributed by atoms with van der Waals surface area (Å²) >= 11 is 0. The second kappa shape index (κ2) is 3.39.